The summed E-state index contributed by atoms with van der Waals surface area (Å²) in [5.74, 6) is 0.671. The van der Waals surface area contributed by atoms with Crippen LogP contribution in [0.15, 0.2) is 62.8 Å². The molecule has 156 valence electrons. The summed E-state index contributed by atoms with van der Waals surface area (Å²) in [6.07, 6.45) is 1.62. The van der Waals surface area contributed by atoms with Crippen molar-refractivity contribution >= 4 is 51.9 Å². The van der Waals surface area contributed by atoms with E-state index in [-0.39, 0.29) is 11.6 Å². The van der Waals surface area contributed by atoms with Crippen LogP contribution in [0.3, 0.4) is 0 Å². The molecule has 2 heterocycles. The van der Waals surface area contributed by atoms with E-state index in [0.29, 0.717) is 32.2 Å². The zero-order valence-electron chi connectivity index (χ0n) is 16.5. The number of aryl methyl sites for hydroxylation is 2. The highest BCUT2D eigenvalue weighted by Gasteiger charge is 2.24. The van der Waals surface area contributed by atoms with Gasteiger partial charge in [0.15, 0.2) is 5.17 Å². The molecule has 0 aliphatic carbocycles. The lowest BCUT2D eigenvalue weighted by atomic mass is 10.1. The Bertz CT molecular complexity index is 1280. The summed E-state index contributed by atoms with van der Waals surface area (Å²) < 4.78 is 5.83. The number of nitro groups is 1. The number of halogens is 1. The van der Waals surface area contributed by atoms with Crippen LogP contribution in [0.5, 0.6) is 0 Å². The number of aliphatic imine (C=N–C) groups is 1. The Kier molecular flexibility index (Phi) is 5.67. The second-order valence-corrected chi connectivity index (χ2v) is 8.34. The Morgan fingerprint density at radius 3 is 2.68 bits per heavy atom. The van der Waals surface area contributed by atoms with Gasteiger partial charge in [-0.1, -0.05) is 17.7 Å². The molecule has 1 aromatic heterocycles. The van der Waals surface area contributed by atoms with E-state index in [2.05, 4.69) is 10.3 Å². The van der Waals surface area contributed by atoms with Crippen LogP contribution < -0.4 is 5.32 Å². The van der Waals surface area contributed by atoms with Crippen LogP contribution in [0.1, 0.15) is 16.9 Å². The predicted molar refractivity (Wildman–Crippen MR) is 123 cm³/mol. The number of rotatable bonds is 4. The first-order chi connectivity index (χ1) is 14.8. The molecule has 0 unspecified atom stereocenters. The number of hydrogen-bond acceptors (Lipinski definition) is 6. The first-order valence-electron chi connectivity index (χ1n) is 9.21. The van der Waals surface area contributed by atoms with E-state index in [9.17, 15) is 14.9 Å². The summed E-state index contributed by atoms with van der Waals surface area (Å²) in [4.78, 5) is 27.9. The molecule has 0 saturated carbocycles. The number of hydrogen-bond donors (Lipinski definition) is 1. The number of nitro benzene ring substituents is 1. The number of furan rings is 1. The maximum Gasteiger partial charge on any atom is 0.270 e. The van der Waals surface area contributed by atoms with E-state index >= 15 is 0 Å². The van der Waals surface area contributed by atoms with Crippen molar-refractivity contribution in [3.8, 4) is 11.3 Å². The van der Waals surface area contributed by atoms with Crippen molar-refractivity contribution in [2.45, 2.75) is 13.8 Å². The molecule has 31 heavy (non-hydrogen) atoms. The van der Waals surface area contributed by atoms with Crippen molar-refractivity contribution < 1.29 is 14.1 Å². The Balaban J connectivity index is 1.58. The summed E-state index contributed by atoms with van der Waals surface area (Å²) in [6.45, 7) is 3.74. The predicted octanol–water partition coefficient (Wildman–Crippen LogP) is 6.02. The smallest absolute Gasteiger partial charge is 0.270 e. The third-order valence-electron chi connectivity index (χ3n) is 4.63. The topological polar surface area (TPSA) is 97.7 Å². The van der Waals surface area contributed by atoms with Crippen LogP contribution in [-0.4, -0.2) is 16.0 Å². The Labute approximate surface area is 187 Å². The summed E-state index contributed by atoms with van der Waals surface area (Å²) in [7, 11) is 0. The maximum atomic E-state index is 12.4. The lowest BCUT2D eigenvalue weighted by Gasteiger charge is -2.02. The van der Waals surface area contributed by atoms with Gasteiger partial charge in [-0.25, -0.2) is 4.99 Å². The third kappa shape index (κ3) is 4.55. The first-order valence-corrected chi connectivity index (χ1v) is 10.4. The van der Waals surface area contributed by atoms with Gasteiger partial charge in [0.05, 0.1) is 15.5 Å². The van der Waals surface area contributed by atoms with E-state index < -0.39 is 4.92 Å². The average molecular weight is 454 g/mol. The van der Waals surface area contributed by atoms with E-state index in [0.717, 1.165) is 16.8 Å². The number of benzene rings is 2. The van der Waals surface area contributed by atoms with Crippen LogP contribution in [0, 0.1) is 24.0 Å². The number of amides is 1. The largest absolute Gasteiger partial charge is 0.457 e. The molecule has 1 fully saturated rings. The maximum absolute atomic E-state index is 12.4. The Morgan fingerprint density at radius 2 is 1.94 bits per heavy atom. The first kappa shape index (κ1) is 20.9. The molecule has 9 heteroatoms. The van der Waals surface area contributed by atoms with Gasteiger partial charge >= 0.3 is 0 Å². The number of carbonyl (C=O) groups excluding carboxylic acids is 1. The Morgan fingerprint density at radius 1 is 1.13 bits per heavy atom. The van der Waals surface area contributed by atoms with Crippen LogP contribution >= 0.6 is 23.4 Å². The molecule has 7 nitrogen and oxygen atoms in total. The van der Waals surface area contributed by atoms with Crippen LogP contribution in [0.4, 0.5) is 11.4 Å². The van der Waals surface area contributed by atoms with Gasteiger partial charge in [0.25, 0.3) is 11.6 Å². The molecule has 2 aromatic carbocycles. The zero-order valence-corrected chi connectivity index (χ0v) is 18.1. The van der Waals surface area contributed by atoms with Crippen molar-refractivity contribution in [1.29, 1.82) is 0 Å². The normalized spacial score (nSPS) is 16.2. The van der Waals surface area contributed by atoms with Crippen LogP contribution in [0.25, 0.3) is 17.4 Å². The van der Waals surface area contributed by atoms with Gasteiger partial charge in [-0.2, -0.15) is 0 Å². The lowest BCUT2D eigenvalue weighted by Crippen LogP contribution is -2.19. The molecule has 1 saturated heterocycles. The van der Waals surface area contributed by atoms with E-state index in [4.69, 9.17) is 16.0 Å². The standard InChI is InChI=1S/C22H16ClN3O4S/c1-12-3-5-15(26(28)29)10-17(12)19-8-6-16(30-19)11-20-21(27)25-22(31-20)24-18-7-4-14(23)9-13(18)2/h3-11H,1-2H3,(H,24,25,27)/b20-11-. The van der Waals surface area contributed by atoms with Gasteiger partial charge in [-0.05, 0) is 67.1 Å². The summed E-state index contributed by atoms with van der Waals surface area (Å²) >= 11 is 7.18. The molecule has 4 rings (SSSR count). The van der Waals surface area contributed by atoms with Gasteiger partial charge in [0.2, 0.25) is 0 Å². The fourth-order valence-electron chi connectivity index (χ4n) is 3.03. The van der Waals surface area contributed by atoms with Crippen molar-refractivity contribution in [3.63, 3.8) is 0 Å². The molecule has 1 N–H and O–H groups in total. The minimum atomic E-state index is -0.447. The molecular formula is C22H16ClN3O4S. The minimum Gasteiger partial charge on any atom is -0.457 e. The number of nitrogens with one attached hydrogen (secondary N) is 1. The van der Waals surface area contributed by atoms with Gasteiger partial charge in [-0.15, -0.1) is 0 Å². The van der Waals surface area contributed by atoms with Gasteiger partial charge in [-0.3, -0.25) is 14.9 Å². The molecule has 1 amide bonds. The number of non-ortho nitro benzene ring substituents is 1. The number of nitrogens with zero attached hydrogens (tertiary/aromatic N) is 2. The van der Waals surface area contributed by atoms with Crippen LogP contribution in [-0.2, 0) is 4.79 Å². The minimum absolute atomic E-state index is 0.0130. The van der Waals surface area contributed by atoms with E-state index in [1.54, 1.807) is 42.5 Å². The number of thioether (sulfide) groups is 1. The molecular weight excluding hydrogens is 438 g/mol. The molecule has 0 spiro atoms. The van der Waals surface area contributed by atoms with Crippen LogP contribution in [0.2, 0.25) is 5.02 Å². The van der Waals surface area contributed by atoms with E-state index in [1.165, 1.54) is 23.9 Å². The van der Waals surface area contributed by atoms with Crippen molar-refractivity contribution in [2.75, 3.05) is 0 Å². The van der Waals surface area contributed by atoms with Gasteiger partial charge in [0.1, 0.15) is 11.5 Å². The lowest BCUT2D eigenvalue weighted by molar-refractivity contribution is -0.384. The average Bonchev–Trinajstić information content (AvgIpc) is 3.31. The molecule has 0 atom stereocenters. The fourth-order valence-corrected chi connectivity index (χ4v) is 4.07. The second-order valence-electron chi connectivity index (χ2n) is 6.87. The number of carbonyl (C=O) groups is 1. The highest BCUT2D eigenvalue weighted by molar-refractivity contribution is 8.18. The Hall–Kier alpha value is -3.36. The van der Waals surface area contributed by atoms with Crippen molar-refractivity contribution in [2.24, 2.45) is 4.99 Å². The number of amidine groups is 1. The summed E-state index contributed by atoms with van der Waals surface area (Å²) in [5.41, 5.74) is 3.08. The molecule has 3 aromatic rings. The SMILES string of the molecule is Cc1cc(Cl)ccc1N=C1NC(=O)/C(=C/c2ccc(-c3cc([N+](=O)[O-])ccc3C)o2)S1. The highest BCUT2D eigenvalue weighted by atomic mass is 35.5. The fraction of sp³-hybridized carbons (Fsp3) is 0.0909. The van der Waals surface area contributed by atoms with Gasteiger partial charge in [0, 0.05) is 28.8 Å². The second kappa shape index (κ2) is 8.41. The third-order valence-corrected chi connectivity index (χ3v) is 5.77. The zero-order chi connectivity index (χ0) is 22.1. The monoisotopic (exact) mass is 453 g/mol. The molecule has 0 bridgehead atoms. The van der Waals surface area contributed by atoms with Crippen molar-refractivity contribution in [3.05, 3.63) is 85.5 Å². The molecule has 1 aliphatic rings. The van der Waals surface area contributed by atoms with Crippen molar-refractivity contribution in [1.82, 2.24) is 5.32 Å². The quantitative estimate of drug-likeness (QED) is 0.296. The summed E-state index contributed by atoms with van der Waals surface area (Å²) in [5, 5.41) is 14.9. The molecule has 1 aliphatic heterocycles. The van der Waals surface area contributed by atoms with E-state index in [1.807, 2.05) is 13.8 Å². The summed E-state index contributed by atoms with van der Waals surface area (Å²) in [6, 6.07) is 13.4. The highest BCUT2D eigenvalue weighted by Crippen LogP contribution is 2.33. The van der Waals surface area contributed by atoms with Gasteiger partial charge < -0.3 is 9.73 Å². The molecule has 0 radical (unpaired) electrons.